The van der Waals surface area contributed by atoms with Crippen LogP contribution in [0.4, 0.5) is 0 Å². The van der Waals surface area contributed by atoms with E-state index in [2.05, 4.69) is 14.9 Å². The monoisotopic (exact) mass is 268 g/mol. The van der Waals surface area contributed by atoms with Crippen LogP contribution < -0.4 is 11.1 Å². The standard InChI is InChI=1S/C12H20N4OS/c1-7(2)10-11(18-16-15-10)12(17)14-9-5-3-8(13)4-6-9/h7-9H,3-6,13H2,1-2H3,(H,14,17). The molecule has 3 N–H and O–H groups in total. The van der Waals surface area contributed by atoms with Crippen LogP contribution >= 0.6 is 11.5 Å². The van der Waals surface area contributed by atoms with Gasteiger partial charge in [0.2, 0.25) is 0 Å². The number of nitrogens with two attached hydrogens (primary N) is 1. The predicted octanol–water partition coefficient (Wildman–Crippen LogP) is 1.66. The van der Waals surface area contributed by atoms with Crippen LogP contribution in [0.3, 0.4) is 0 Å². The minimum Gasteiger partial charge on any atom is -0.348 e. The van der Waals surface area contributed by atoms with E-state index in [4.69, 9.17) is 5.73 Å². The van der Waals surface area contributed by atoms with Crippen LogP contribution in [-0.2, 0) is 0 Å². The molecule has 0 aliphatic heterocycles. The lowest BCUT2D eigenvalue weighted by Gasteiger charge is -2.26. The van der Waals surface area contributed by atoms with Gasteiger partial charge in [0.05, 0.1) is 5.69 Å². The van der Waals surface area contributed by atoms with Crippen LogP contribution in [-0.4, -0.2) is 27.6 Å². The first-order chi connectivity index (χ1) is 8.58. The molecule has 2 rings (SSSR count). The van der Waals surface area contributed by atoms with E-state index in [0.717, 1.165) is 31.4 Å². The van der Waals surface area contributed by atoms with E-state index in [1.807, 2.05) is 13.8 Å². The van der Waals surface area contributed by atoms with Gasteiger partial charge in [-0.2, -0.15) is 0 Å². The largest absolute Gasteiger partial charge is 0.348 e. The molecule has 5 nitrogen and oxygen atoms in total. The Kier molecular flexibility index (Phi) is 4.29. The van der Waals surface area contributed by atoms with E-state index in [1.165, 1.54) is 11.5 Å². The highest BCUT2D eigenvalue weighted by atomic mass is 32.1. The number of amides is 1. The first-order valence-corrected chi connectivity index (χ1v) is 7.24. The Morgan fingerprint density at radius 2 is 2.06 bits per heavy atom. The molecule has 6 heteroatoms. The molecule has 1 aromatic rings. The lowest BCUT2D eigenvalue weighted by atomic mass is 9.92. The molecule has 0 spiro atoms. The van der Waals surface area contributed by atoms with Crippen molar-refractivity contribution in [2.75, 3.05) is 0 Å². The first kappa shape index (κ1) is 13.4. The Balaban J connectivity index is 1.97. The summed E-state index contributed by atoms with van der Waals surface area (Å²) in [6.45, 7) is 4.04. The Labute approximate surface area is 111 Å². The quantitative estimate of drug-likeness (QED) is 0.873. The van der Waals surface area contributed by atoms with Crippen molar-refractivity contribution in [1.82, 2.24) is 14.9 Å². The number of nitrogens with zero attached hydrogens (tertiary/aromatic N) is 2. The van der Waals surface area contributed by atoms with Gasteiger partial charge in [0, 0.05) is 12.1 Å². The minimum absolute atomic E-state index is 0.0332. The molecular weight excluding hydrogens is 248 g/mol. The third-order valence-corrected chi connectivity index (χ3v) is 4.11. The third-order valence-electron chi connectivity index (χ3n) is 3.37. The van der Waals surface area contributed by atoms with Crippen molar-refractivity contribution in [3.8, 4) is 0 Å². The van der Waals surface area contributed by atoms with Gasteiger partial charge in [0.1, 0.15) is 4.88 Å². The van der Waals surface area contributed by atoms with Crippen molar-refractivity contribution in [1.29, 1.82) is 0 Å². The van der Waals surface area contributed by atoms with Crippen molar-refractivity contribution in [2.24, 2.45) is 5.73 Å². The van der Waals surface area contributed by atoms with Crippen LogP contribution in [0.2, 0.25) is 0 Å². The maximum atomic E-state index is 12.2. The molecule has 1 aliphatic carbocycles. The Morgan fingerprint density at radius 1 is 1.39 bits per heavy atom. The Bertz CT molecular complexity index is 410. The number of carbonyl (C=O) groups is 1. The smallest absolute Gasteiger partial charge is 0.265 e. The molecule has 1 saturated carbocycles. The summed E-state index contributed by atoms with van der Waals surface area (Å²) in [4.78, 5) is 12.8. The van der Waals surface area contributed by atoms with E-state index >= 15 is 0 Å². The summed E-state index contributed by atoms with van der Waals surface area (Å²) in [5, 5.41) is 7.10. The van der Waals surface area contributed by atoms with Gasteiger partial charge in [-0.05, 0) is 43.1 Å². The summed E-state index contributed by atoms with van der Waals surface area (Å²) in [7, 11) is 0. The molecule has 1 heterocycles. The summed E-state index contributed by atoms with van der Waals surface area (Å²) in [5.41, 5.74) is 6.65. The Morgan fingerprint density at radius 3 is 2.67 bits per heavy atom. The lowest BCUT2D eigenvalue weighted by Crippen LogP contribution is -2.40. The zero-order chi connectivity index (χ0) is 13.1. The van der Waals surface area contributed by atoms with Crippen molar-refractivity contribution in [3.05, 3.63) is 10.6 Å². The molecule has 1 fully saturated rings. The molecule has 0 unspecified atom stereocenters. The van der Waals surface area contributed by atoms with Crippen molar-refractivity contribution >= 4 is 17.4 Å². The second kappa shape index (κ2) is 5.75. The number of rotatable bonds is 3. The summed E-state index contributed by atoms with van der Waals surface area (Å²) < 4.78 is 3.88. The average molecular weight is 268 g/mol. The summed E-state index contributed by atoms with van der Waals surface area (Å²) >= 11 is 1.18. The average Bonchev–Trinajstić information content (AvgIpc) is 2.81. The predicted molar refractivity (Wildman–Crippen MR) is 71.7 cm³/mol. The summed E-state index contributed by atoms with van der Waals surface area (Å²) in [6, 6.07) is 0.550. The van der Waals surface area contributed by atoms with E-state index in [-0.39, 0.29) is 17.9 Å². The molecule has 18 heavy (non-hydrogen) atoms. The second-order valence-electron chi connectivity index (χ2n) is 5.23. The van der Waals surface area contributed by atoms with Crippen LogP contribution in [0.25, 0.3) is 0 Å². The maximum Gasteiger partial charge on any atom is 0.265 e. The number of aromatic nitrogens is 2. The lowest BCUT2D eigenvalue weighted by molar-refractivity contribution is 0.0928. The zero-order valence-corrected chi connectivity index (χ0v) is 11.7. The SMILES string of the molecule is CC(C)c1nnsc1C(=O)NC1CCC(N)CC1. The topological polar surface area (TPSA) is 80.9 Å². The molecule has 0 aromatic carbocycles. The van der Waals surface area contributed by atoms with Crippen LogP contribution in [0.5, 0.6) is 0 Å². The van der Waals surface area contributed by atoms with Gasteiger partial charge in [-0.1, -0.05) is 18.3 Å². The van der Waals surface area contributed by atoms with Gasteiger partial charge >= 0.3 is 0 Å². The number of hydrogen-bond donors (Lipinski definition) is 2. The van der Waals surface area contributed by atoms with Gasteiger partial charge in [0.15, 0.2) is 0 Å². The Hall–Kier alpha value is -1.01. The van der Waals surface area contributed by atoms with E-state index < -0.39 is 0 Å². The molecule has 1 amide bonds. The summed E-state index contributed by atoms with van der Waals surface area (Å²) in [6.07, 6.45) is 3.91. The second-order valence-corrected chi connectivity index (χ2v) is 5.98. The molecular formula is C12H20N4OS. The first-order valence-electron chi connectivity index (χ1n) is 6.46. The van der Waals surface area contributed by atoms with E-state index in [9.17, 15) is 4.79 Å². The van der Waals surface area contributed by atoms with Crippen LogP contribution in [0.15, 0.2) is 0 Å². The molecule has 100 valence electrons. The highest BCUT2D eigenvalue weighted by Crippen LogP contribution is 2.21. The fourth-order valence-corrected chi connectivity index (χ4v) is 2.97. The van der Waals surface area contributed by atoms with Gasteiger partial charge in [-0.15, -0.1) is 5.10 Å². The van der Waals surface area contributed by atoms with E-state index in [1.54, 1.807) is 0 Å². The maximum absolute atomic E-state index is 12.2. The molecule has 1 aliphatic rings. The van der Waals surface area contributed by atoms with Crippen molar-refractivity contribution in [2.45, 2.75) is 57.5 Å². The minimum atomic E-state index is -0.0332. The van der Waals surface area contributed by atoms with Gasteiger partial charge < -0.3 is 11.1 Å². The number of hydrogen-bond acceptors (Lipinski definition) is 5. The molecule has 0 radical (unpaired) electrons. The number of carbonyl (C=O) groups excluding carboxylic acids is 1. The molecule has 0 bridgehead atoms. The molecule has 0 atom stereocenters. The van der Waals surface area contributed by atoms with Crippen molar-refractivity contribution < 1.29 is 4.79 Å². The molecule has 1 aromatic heterocycles. The third kappa shape index (κ3) is 3.05. The van der Waals surface area contributed by atoms with Gasteiger partial charge in [-0.3, -0.25) is 4.79 Å². The van der Waals surface area contributed by atoms with Gasteiger partial charge in [0.25, 0.3) is 5.91 Å². The fourth-order valence-electron chi connectivity index (χ4n) is 2.25. The van der Waals surface area contributed by atoms with Crippen LogP contribution in [0.1, 0.15) is 60.8 Å². The normalized spacial score (nSPS) is 24.2. The van der Waals surface area contributed by atoms with Gasteiger partial charge in [-0.25, -0.2) is 0 Å². The fraction of sp³-hybridized carbons (Fsp3) is 0.750. The van der Waals surface area contributed by atoms with Crippen LogP contribution in [0, 0.1) is 0 Å². The molecule has 0 saturated heterocycles. The van der Waals surface area contributed by atoms with E-state index in [0.29, 0.717) is 10.9 Å². The highest BCUT2D eigenvalue weighted by Gasteiger charge is 2.24. The zero-order valence-electron chi connectivity index (χ0n) is 10.8. The van der Waals surface area contributed by atoms with Crippen molar-refractivity contribution in [3.63, 3.8) is 0 Å². The highest BCUT2D eigenvalue weighted by molar-refractivity contribution is 7.08. The number of nitrogens with one attached hydrogen (secondary N) is 1. The summed E-state index contributed by atoms with van der Waals surface area (Å²) in [5.74, 6) is 0.193.